The zero-order valence-corrected chi connectivity index (χ0v) is 16.4. The fourth-order valence-corrected chi connectivity index (χ4v) is 3.41. The molecule has 142 valence electrons. The second kappa shape index (κ2) is 8.28. The van der Waals surface area contributed by atoms with Crippen LogP contribution in [0.2, 0.25) is 0 Å². The first kappa shape index (κ1) is 18.3. The highest BCUT2D eigenvalue weighted by molar-refractivity contribution is 5.66. The second-order valence-electron chi connectivity index (χ2n) is 6.84. The Hall–Kier alpha value is -3.11. The zero-order chi connectivity index (χ0) is 19.3. The number of ether oxygens (including phenoxy) is 1. The summed E-state index contributed by atoms with van der Waals surface area (Å²) in [6.07, 6.45) is 3.12. The summed E-state index contributed by atoms with van der Waals surface area (Å²) >= 11 is 0. The van der Waals surface area contributed by atoms with Gasteiger partial charge in [0.25, 0.3) is 0 Å². The molecule has 2 heterocycles. The molecular weight excluding hydrogens is 346 g/mol. The molecule has 0 aliphatic carbocycles. The van der Waals surface area contributed by atoms with E-state index in [1.807, 2.05) is 24.3 Å². The lowest BCUT2D eigenvalue weighted by Gasteiger charge is -2.09. The van der Waals surface area contributed by atoms with Crippen molar-refractivity contribution in [2.75, 3.05) is 7.11 Å². The van der Waals surface area contributed by atoms with E-state index in [1.54, 1.807) is 7.11 Å². The number of imidazole rings is 1. The molecule has 0 atom stereocenters. The molecule has 0 saturated carbocycles. The lowest BCUT2D eigenvalue weighted by molar-refractivity contribution is 0.414. The third kappa shape index (κ3) is 3.78. The normalized spacial score (nSPS) is 11.1. The van der Waals surface area contributed by atoms with Gasteiger partial charge in [-0.15, -0.1) is 0 Å². The number of aromatic nitrogens is 2. The quantitative estimate of drug-likeness (QED) is 0.504. The van der Waals surface area contributed by atoms with Gasteiger partial charge in [-0.25, -0.2) is 4.98 Å². The van der Waals surface area contributed by atoms with E-state index < -0.39 is 0 Å². The molecule has 0 fully saturated rings. The van der Waals surface area contributed by atoms with Crippen molar-refractivity contribution in [1.29, 1.82) is 0 Å². The minimum Gasteiger partial charge on any atom is -0.497 e. The molecule has 28 heavy (non-hydrogen) atoms. The molecule has 4 rings (SSSR count). The topological polar surface area (TPSA) is 38.6 Å². The lowest BCUT2D eigenvalue weighted by atomic mass is 10.1. The monoisotopic (exact) mass is 371 g/mol. The summed E-state index contributed by atoms with van der Waals surface area (Å²) in [7, 11) is 1.69. The van der Waals surface area contributed by atoms with E-state index >= 15 is 0 Å². The summed E-state index contributed by atoms with van der Waals surface area (Å²) in [6, 6.07) is 23.0. The highest BCUT2D eigenvalue weighted by Gasteiger charge is 2.13. The van der Waals surface area contributed by atoms with Crippen molar-refractivity contribution in [3.8, 4) is 17.0 Å². The largest absolute Gasteiger partial charge is 0.497 e. The van der Waals surface area contributed by atoms with Gasteiger partial charge in [-0.05, 0) is 41.8 Å². The number of pyridine rings is 1. The van der Waals surface area contributed by atoms with Gasteiger partial charge >= 0.3 is 0 Å². The first-order chi connectivity index (χ1) is 13.8. The Bertz CT molecular complexity index is 1050. The molecule has 0 aliphatic rings. The highest BCUT2D eigenvalue weighted by atomic mass is 16.5. The van der Waals surface area contributed by atoms with Crippen LogP contribution in [-0.4, -0.2) is 16.5 Å². The van der Waals surface area contributed by atoms with Gasteiger partial charge < -0.3 is 14.5 Å². The van der Waals surface area contributed by atoms with Crippen molar-refractivity contribution in [3.05, 3.63) is 89.7 Å². The first-order valence-corrected chi connectivity index (χ1v) is 9.67. The molecule has 4 aromatic rings. The number of nitrogens with one attached hydrogen (secondary N) is 1. The maximum Gasteiger partial charge on any atom is 0.137 e. The SMILES string of the molecule is CCc1ccc(-c2nc3ccccn3c2CNCc2ccc(OC)cc2)cc1. The van der Waals surface area contributed by atoms with Gasteiger partial charge in [-0.3, -0.25) is 0 Å². The molecule has 2 aromatic heterocycles. The van der Waals surface area contributed by atoms with E-state index in [-0.39, 0.29) is 0 Å². The predicted octanol–water partition coefficient (Wildman–Crippen LogP) is 4.86. The number of hydrogen-bond acceptors (Lipinski definition) is 3. The molecule has 0 saturated heterocycles. The minimum atomic E-state index is 0.738. The van der Waals surface area contributed by atoms with Crippen LogP contribution in [0.4, 0.5) is 0 Å². The van der Waals surface area contributed by atoms with Crippen LogP contribution in [0.5, 0.6) is 5.75 Å². The van der Waals surface area contributed by atoms with E-state index in [0.717, 1.165) is 42.2 Å². The Morgan fingerprint density at radius 2 is 1.64 bits per heavy atom. The Morgan fingerprint density at radius 1 is 0.893 bits per heavy atom. The lowest BCUT2D eigenvalue weighted by Crippen LogP contribution is -2.14. The van der Waals surface area contributed by atoms with Crippen LogP contribution < -0.4 is 10.1 Å². The number of fused-ring (bicyclic) bond motifs is 1. The molecule has 0 radical (unpaired) electrons. The zero-order valence-electron chi connectivity index (χ0n) is 16.4. The van der Waals surface area contributed by atoms with Crippen LogP contribution >= 0.6 is 0 Å². The highest BCUT2D eigenvalue weighted by Crippen LogP contribution is 2.25. The molecule has 0 spiro atoms. The van der Waals surface area contributed by atoms with Crippen molar-refractivity contribution in [1.82, 2.24) is 14.7 Å². The standard InChI is InChI=1S/C24H25N3O/c1-3-18-7-11-20(12-8-18)24-22(27-15-5-4-6-23(27)26-24)17-25-16-19-9-13-21(28-2)14-10-19/h4-15,25H,3,16-17H2,1-2H3. The third-order valence-electron chi connectivity index (χ3n) is 5.05. The molecule has 0 aliphatic heterocycles. The fourth-order valence-electron chi connectivity index (χ4n) is 3.41. The average molecular weight is 371 g/mol. The molecule has 0 amide bonds. The van der Waals surface area contributed by atoms with Crippen LogP contribution in [0, 0.1) is 0 Å². The van der Waals surface area contributed by atoms with Crippen LogP contribution in [-0.2, 0) is 19.5 Å². The average Bonchev–Trinajstić information content (AvgIpc) is 3.13. The van der Waals surface area contributed by atoms with Gasteiger partial charge in [0, 0.05) is 24.8 Å². The number of methoxy groups -OCH3 is 1. The number of nitrogens with zero attached hydrogens (tertiary/aromatic N) is 2. The summed E-state index contributed by atoms with van der Waals surface area (Å²) < 4.78 is 7.40. The molecule has 4 heteroatoms. The molecule has 2 aromatic carbocycles. The number of benzene rings is 2. The molecule has 0 bridgehead atoms. The van der Waals surface area contributed by atoms with E-state index in [1.165, 1.54) is 16.8 Å². The number of aryl methyl sites for hydroxylation is 1. The Balaban J connectivity index is 1.59. The summed E-state index contributed by atoms with van der Waals surface area (Å²) in [6.45, 7) is 3.70. The van der Waals surface area contributed by atoms with Crippen molar-refractivity contribution in [2.45, 2.75) is 26.4 Å². The van der Waals surface area contributed by atoms with Crippen molar-refractivity contribution in [3.63, 3.8) is 0 Å². The summed E-state index contributed by atoms with van der Waals surface area (Å²) in [5, 5.41) is 3.56. The smallest absolute Gasteiger partial charge is 0.137 e. The first-order valence-electron chi connectivity index (χ1n) is 9.67. The Kier molecular flexibility index (Phi) is 5.40. The summed E-state index contributed by atoms with van der Waals surface area (Å²) in [5.74, 6) is 0.878. The fraction of sp³-hybridized carbons (Fsp3) is 0.208. The van der Waals surface area contributed by atoms with Crippen molar-refractivity contribution < 1.29 is 4.74 Å². The Labute approximate surface area is 165 Å². The summed E-state index contributed by atoms with van der Waals surface area (Å²) in [5.41, 5.74) is 6.90. The minimum absolute atomic E-state index is 0.738. The third-order valence-corrected chi connectivity index (χ3v) is 5.05. The van der Waals surface area contributed by atoms with Gasteiger partial charge in [0.2, 0.25) is 0 Å². The number of hydrogen-bond donors (Lipinski definition) is 1. The van der Waals surface area contributed by atoms with Gasteiger partial charge in [0.1, 0.15) is 11.4 Å². The van der Waals surface area contributed by atoms with Crippen LogP contribution in [0.3, 0.4) is 0 Å². The van der Waals surface area contributed by atoms with Gasteiger partial charge in [0.05, 0.1) is 18.5 Å². The molecule has 0 unspecified atom stereocenters. The summed E-state index contributed by atoms with van der Waals surface area (Å²) in [4.78, 5) is 4.89. The van der Waals surface area contributed by atoms with Crippen molar-refractivity contribution >= 4 is 5.65 Å². The van der Waals surface area contributed by atoms with Gasteiger partial charge in [-0.2, -0.15) is 0 Å². The van der Waals surface area contributed by atoms with E-state index in [9.17, 15) is 0 Å². The predicted molar refractivity (Wildman–Crippen MR) is 114 cm³/mol. The van der Waals surface area contributed by atoms with Crippen LogP contribution in [0.25, 0.3) is 16.9 Å². The van der Waals surface area contributed by atoms with E-state index in [4.69, 9.17) is 9.72 Å². The molecule has 1 N–H and O–H groups in total. The van der Waals surface area contributed by atoms with E-state index in [0.29, 0.717) is 0 Å². The Morgan fingerprint density at radius 3 is 2.36 bits per heavy atom. The van der Waals surface area contributed by atoms with Gasteiger partial charge in [-0.1, -0.05) is 49.4 Å². The maximum atomic E-state index is 5.23. The molecular formula is C24H25N3O. The second-order valence-corrected chi connectivity index (χ2v) is 6.84. The van der Waals surface area contributed by atoms with Crippen LogP contribution in [0.1, 0.15) is 23.7 Å². The van der Waals surface area contributed by atoms with Crippen LogP contribution in [0.15, 0.2) is 72.9 Å². The number of rotatable bonds is 7. The van der Waals surface area contributed by atoms with E-state index in [2.05, 4.69) is 65.3 Å². The van der Waals surface area contributed by atoms with Gasteiger partial charge in [0.15, 0.2) is 0 Å². The maximum absolute atomic E-state index is 5.23. The molecule has 4 nitrogen and oxygen atoms in total. The van der Waals surface area contributed by atoms with Crippen molar-refractivity contribution in [2.24, 2.45) is 0 Å².